The predicted molar refractivity (Wildman–Crippen MR) is 48.0 cm³/mol. The number of hydrogen-bond donors (Lipinski definition) is 2. The van der Waals surface area contributed by atoms with Crippen molar-refractivity contribution in [1.82, 2.24) is 0 Å². The van der Waals surface area contributed by atoms with E-state index < -0.39 is 10.1 Å². The lowest BCUT2D eigenvalue weighted by Crippen LogP contribution is -2.02. The quantitative estimate of drug-likeness (QED) is 0.309. The van der Waals surface area contributed by atoms with Gasteiger partial charge in [0, 0.05) is 5.56 Å². The van der Waals surface area contributed by atoms with Gasteiger partial charge in [0.2, 0.25) is 0 Å². The summed E-state index contributed by atoms with van der Waals surface area (Å²) in [5, 5.41) is 3.18. The molecule has 0 fully saturated rings. The van der Waals surface area contributed by atoms with Gasteiger partial charge >= 0.3 is 0 Å². The van der Waals surface area contributed by atoms with Crippen molar-refractivity contribution in [1.29, 1.82) is 0 Å². The van der Waals surface area contributed by atoms with E-state index in [0.29, 0.717) is 0 Å². The van der Waals surface area contributed by atoms with E-state index in [1.807, 2.05) is 0 Å². The lowest BCUT2D eigenvalue weighted by Gasteiger charge is -1.99. The molecule has 1 aromatic rings. The second-order valence-electron chi connectivity index (χ2n) is 2.29. The largest absolute Gasteiger partial charge is 0.323 e. The van der Waals surface area contributed by atoms with Crippen molar-refractivity contribution in [2.75, 3.05) is 0 Å². The van der Waals surface area contributed by atoms with Crippen molar-refractivity contribution >= 4 is 16.3 Å². The third-order valence-corrected chi connectivity index (χ3v) is 2.34. The summed E-state index contributed by atoms with van der Waals surface area (Å²) in [5.74, 6) is 4.87. The van der Waals surface area contributed by atoms with Gasteiger partial charge in [0.25, 0.3) is 10.1 Å². The molecule has 0 amide bonds. The zero-order valence-electron chi connectivity index (χ0n) is 6.58. The number of hydrazone groups is 1. The van der Waals surface area contributed by atoms with Crippen LogP contribution in [0.5, 0.6) is 0 Å². The first kappa shape index (κ1) is 9.69. The molecular formula is C7H8N2O3S. The zero-order valence-corrected chi connectivity index (χ0v) is 7.40. The molecule has 13 heavy (non-hydrogen) atoms. The van der Waals surface area contributed by atoms with E-state index in [-0.39, 0.29) is 10.5 Å². The van der Waals surface area contributed by atoms with Crippen LogP contribution in [0.3, 0.4) is 0 Å². The summed E-state index contributed by atoms with van der Waals surface area (Å²) < 4.78 is 30.3. The Morgan fingerprint density at radius 3 is 2.54 bits per heavy atom. The standard InChI is InChI=1S/C7H8N2O3S/c8-9-5-6-3-1-2-4-7(6)13(10,11)12/h1-5H,8H2,(H,10,11,12)/b9-5-. The third-order valence-electron chi connectivity index (χ3n) is 1.41. The maximum atomic E-state index is 10.8. The van der Waals surface area contributed by atoms with Gasteiger partial charge in [-0.15, -0.1) is 0 Å². The highest BCUT2D eigenvalue weighted by molar-refractivity contribution is 7.86. The van der Waals surface area contributed by atoms with Crippen LogP contribution >= 0.6 is 0 Å². The molecule has 0 saturated heterocycles. The first-order valence-corrected chi connectivity index (χ1v) is 4.79. The minimum atomic E-state index is -4.20. The minimum absolute atomic E-state index is 0.204. The number of hydrogen-bond acceptors (Lipinski definition) is 4. The molecule has 0 aliphatic rings. The van der Waals surface area contributed by atoms with Crippen LogP contribution in [-0.2, 0) is 10.1 Å². The summed E-state index contributed by atoms with van der Waals surface area (Å²) >= 11 is 0. The monoisotopic (exact) mass is 200 g/mol. The fourth-order valence-corrected chi connectivity index (χ4v) is 1.57. The van der Waals surface area contributed by atoms with Crippen LogP contribution in [0.15, 0.2) is 34.3 Å². The Labute approximate surface area is 75.6 Å². The number of rotatable bonds is 2. The molecule has 1 aromatic carbocycles. The first-order chi connectivity index (χ1) is 6.05. The Balaban J connectivity index is 3.37. The number of nitrogens with two attached hydrogens (primary N) is 1. The summed E-state index contributed by atoms with van der Waals surface area (Å²) in [6.45, 7) is 0. The Morgan fingerprint density at radius 2 is 2.00 bits per heavy atom. The molecule has 70 valence electrons. The second kappa shape index (κ2) is 3.55. The molecule has 0 saturated carbocycles. The number of nitrogens with zero attached hydrogens (tertiary/aromatic N) is 1. The summed E-state index contributed by atoms with van der Waals surface area (Å²) in [6.07, 6.45) is 1.16. The van der Waals surface area contributed by atoms with Gasteiger partial charge in [-0.05, 0) is 6.07 Å². The molecule has 0 radical (unpaired) electrons. The van der Waals surface area contributed by atoms with Crippen LogP contribution in [0.1, 0.15) is 5.56 Å². The zero-order chi connectivity index (χ0) is 9.90. The Morgan fingerprint density at radius 1 is 1.38 bits per heavy atom. The molecule has 0 atom stereocenters. The molecule has 0 aliphatic heterocycles. The van der Waals surface area contributed by atoms with Crippen molar-refractivity contribution in [2.24, 2.45) is 10.9 Å². The SMILES string of the molecule is N/N=C\c1ccccc1S(=O)(=O)O. The smallest absolute Gasteiger partial charge is 0.295 e. The third kappa shape index (κ3) is 2.27. The lowest BCUT2D eigenvalue weighted by atomic mass is 10.2. The molecule has 1 rings (SSSR count). The second-order valence-corrected chi connectivity index (χ2v) is 3.68. The maximum absolute atomic E-state index is 10.8. The van der Waals surface area contributed by atoms with Gasteiger partial charge in [0.1, 0.15) is 4.90 Å². The van der Waals surface area contributed by atoms with Crippen LogP contribution < -0.4 is 5.84 Å². The Hall–Kier alpha value is -1.40. The summed E-state index contributed by atoms with van der Waals surface area (Å²) in [6, 6.07) is 5.87. The van der Waals surface area contributed by atoms with E-state index >= 15 is 0 Å². The van der Waals surface area contributed by atoms with Gasteiger partial charge in [-0.1, -0.05) is 18.2 Å². The van der Waals surface area contributed by atoms with Crippen molar-refractivity contribution < 1.29 is 13.0 Å². The van der Waals surface area contributed by atoms with Gasteiger partial charge in [-0.3, -0.25) is 4.55 Å². The minimum Gasteiger partial charge on any atom is -0.323 e. The van der Waals surface area contributed by atoms with Crippen molar-refractivity contribution in [3.8, 4) is 0 Å². The van der Waals surface area contributed by atoms with Gasteiger partial charge in [0.15, 0.2) is 0 Å². The molecule has 0 unspecified atom stereocenters. The van der Waals surface area contributed by atoms with E-state index in [2.05, 4.69) is 5.10 Å². The van der Waals surface area contributed by atoms with E-state index in [1.54, 1.807) is 6.07 Å². The topological polar surface area (TPSA) is 92.8 Å². The molecule has 0 heterocycles. The van der Waals surface area contributed by atoms with Gasteiger partial charge in [-0.25, -0.2) is 0 Å². The molecule has 3 N–H and O–H groups in total. The summed E-state index contributed by atoms with van der Waals surface area (Å²) in [7, 11) is -4.20. The Kier molecular flexibility index (Phi) is 2.64. The van der Waals surface area contributed by atoms with Gasteiger partial charge in [-0.2, -0.15) is 13.5 Å². The van der Waals surface area contributed by atoms with Crippen LogP contribution in [-0.4, -0.2) is 19.2 Å². The molecule has 0 bridgehead atoms. The van der Waals surface area contributed by atoms with Crippen LogP contribution in [0, 0.1) is 0 Å². The molecule has 0 aromatic heterocycles. The normalized spacial score (nSPS) is 12.1. The highest BCUT2D eigenvalue weighted by Gasteiger charge is 2.12. The molecule has 0 aliphatic carbocycles. The van der Waals surface area contributed by atoms with Gasteiger partial charge < -0.3 is 5.84 Å². The first-order valence-electron chi connectivity index (χ1n) is 3.35. The Bertz CT molecular complexity index is 425. The van der Waals surface area contributed by atoms with Crippen LogP contribution in [0.2, 0.25) is 0 Å². The van der Waals surface area contributed by atoms with Crippen molar-refractivity contribution in [3.63, 3.8) is 0 Å². The highest BCUT2D eigenvalue weighted by atomic mass is 32.2. The average Bonchev–Trinajstić information content (AvgIpc) is 2.04. The van der Waals surface area contributed by atoms with Gasteiger partial charge in [0.05, 0.1) is 6.21 Å². The number of benzene rings is 1. The van der Waals surface area contributed by atoms with Crippen molar-refractivity contribution in [2.45, 2.75) is 4.90 Å². The molecule has 6 heteroatoms. The summed E-state index contributed by atoms with van der Waals surface area (Å²) in [4.78, 5) is -0.204. The van der Waals surface area contributed by atoms with E-state index in [0.717, 1.165) is 6.21 Å². The highest BCUT2D eigenvalue weighted by Crippen LogP contribution is 2.12. The molecule has 0 spiro atoms. The lowest BCUT2D eigenvalue weighted by molar-refractivity contribution is 0.483. The fraction of sp³-hybridized carbons (Fsp3) is 0. The van der Waals surface area contributed by atoms with E-state index in [9.17, 15) is 8.42 Å². The average molecular weight is 200 g/mol. The van der Waals surface area contributed by atoms with E-state index in [1.165, 1.54) is 18.2 Å². The predicted octanol–water partition coefficient (Wildman–Crippen LogP) is 0.226. The van der Waals surface area contributed by atoms with E-state index in [4.69, 9.17) is 10.4 Å². The van der Waals surface area contributed by atoms with Crippen LogP contribution in [0.25, 0.3) is 0 Å². The maximum Gasteiger partial charge on any atom is 0.295 e. The molecular weight excluding hydrogens is 192 g/mol. The molecule has 5 nitrogen and oxygen atoms in total. The van der Waals surface area contributed by atoms with Crippen LogP contribution in [0.4, 0.5) is 0 Å². The summed E-state index contributed by atoms with van der Waals surface area (Å²) in [5.41, 5.74) is 0.257. The van der Waals surface area contributed by atoms with Crippen molar-refractivity contribution in [3.05, 3.63) is 29.8 Å². The fourth-order valence-electron chi connectivity index (χ4n) is 0.902.